The molecule has 1 fully saturated rings. The van der Waals surface area contributed by atoms with Crippen LogP contribution in [0.3, 0.4) is 0 Å². The first-order valence-electron chi connectivity index (χ1n) is 5.82. The molecule has 1 amide bonds. The van der Waals surface area contributed by atoms with Crippen LogP contribution in [0.5, 0.6) is 5.88 Å². The summed E-state index contributed by atoms with van der Waals surface area (Å²) in [7, 11) is 0. The van der Waals surface area contributed by atoms with Gasteiger partial charge in [0.1, 0.15) is 18.9 Å². The number of carbonyl (C=O) groups is 1. The molecule has 100 valence electrons. The summed E-state index contributed by atoms with van der Waals surface area (Å²) in [5, 5.41) is 15.6. The zero-order valence-corrected chi connectivity index (χ0v) is 10.7. The highest BCUT2D eigenvalue weighted by atomic mass is 32.1. The van der Waals surface area contributed by atoms with Crippen LogP contribution in [0.2, 0.25) is 0 Å². The Kier molecular flexibility index (Phi) is 4.85. The Bertz CT molecular complexity index is 373. The van der Waals surface area contributed by atoms with Gasteiger partial charge in [-0.1, -0.05) is 0 Å². The maximum absolute atomic E-state index is 11.0. The van der Waals surface area contributed by atoms with Crippen molar-refractivity contribution < 1.29 is 14.6 Å². The summed E-state index contributed by atoms with van der Waals surface area (Å²) in [6.45, 7) is 1.26. The van der Waals surface area contributed by atoms with Crippen molar-refractivity contribution in [3.63, 3.8) is 0 Å². The summed E-state index contributed by atoms with van der Waals surface area (Å²) in [4.78, 5) is 11.0. The van der Waals surface area contributed by atoms with Crippen LogP contribution in [0, 0.1) is 0 Å². The zero-order valence-electron chi connectivity index (χ0n) is 9.83. The fourth-order valence-corrected chi connectivity index (χ4v) is 2.08. The molecular weight excluding hydrogens is 256 g/mol. The average Bonchev–Trinajstić information content (AvgIpc) is 2.98. The van der Waals surface area contributed by atoms with E-state index in [0.717, 1.165) is 18.1 Å². The number of hydrogen-bond acceptors (Lipinski definition) is 7. The number of aliphatic hydroxyl groups is 1. The van der Waals surface area contributed by atoms with Gasteiger partial charge in [-0.25, -0.2) is 0 Å². The summed E-state index contributed by atoms with van der Waals surface area (Å²) in [5.41, 5.74) is 0. The van der Waals surface area contributed by atoms with E-state index < -0.39 is 6.10 Å². The van der Waals surface area contributed by atoms with Gasteiger partial charge in [0, 0.05) is 25.6 Å². The van der Waals surface area contributed by atoms with Crippen molar-refractivity contribution in [1.82, 2.24) is 19.4 Å². The Balaban J connectivity index is 1.54. The zero-order chi connectivity index (χ0) is 12.8. The minimum Gasteiger partial charge on any atom is -0.473 e. The molecule has 2 heterocycles. The first-order valence-corrected chi connectivity index (χ1v) is 6.55. The third-order valence-corrected chi connectivity index (χ3v) is 3.08. The van der Waals surface area contributed by atoms with Gasteiger partial charge in [-0.3, -0.25) is 4.79 Å². The van der Waals surface area contributed by atoms with E-state index in [-0.39, 0.29) is 18.6 Å². The topological polar surface area (TPSA) is 96.4 Å². The van der Waals surface area contributed by atoms with Crippen molar-refractivity contribution in [1.29, 1.82) is 0 Å². The summed E-state index contributed by atoms with van der Waals surface area (Å²) in [6.07, 6.45) is 2.35. The molecule has 3 N–H and O–H groups in total. The number of nitrogens with one attached hydrogen (secondary N) is 2. The molecule has 2 rings (SSSR count). The van der Waals surface area contributed by atoms with Crippen LogP contribution in [0.4, 0.5) is 0 Å². The molecule has 1 aromatic rings. The Hall–Kier alpha value is -1.25. The molecule has 2 atom stereocenters. The molecule has 18 heavy (non-hydrogen) atoms. The first-order chi connectivity index (χ1) is 8.74. The number of ether oxygens (including phenoxy) is 1. The second-order valence-electron chi connectivity index (χ2n) is 4.17. The van der Waals surface area contributed by atoms with Crippen LogP contribution in [-0.2, 0) is 4.79 Å². The Labute approximate surface area is 109 Å². The smallest absolute Gasteiger partial charge is 0.245 e. The molecule has 0 aromatic carbocycles. The van der Waals surface area contributed by atoms with Gasteiger partial charge in [0.2, 0.25) is 11.8 Å². The molecule has 1 aliphatic heterocycles. The van der Waals surface area contributed by atoms with Crippen molar-refractivity contribution in [2.24, 2.45) is 0 Å². The minimum absolute atomic E-state index is 0.0988. The SMILES string of the molecule is O=C1CCC(CNCC(O)COc2cnsn2)N1. The van der Waals surface area contributed by atoms with Crippen LogP contribution in [0.25, 0.3) is 0 Å². The van der Waals surface area contributed by atoms with E-state index >= 15 is 0 Å². The summed E-state index contributed by atoms with van der Waals surface area (Å²) in [5.74, 6) is 0.531. The van der Waals surface area contributed by atoms with E-state index in [0.29, 0.717) is 25.4 Å². The fraction of sp³-hybridized carbons (Fsp3) is 0.700. The van der Waals surface area contributed by atoms with E-state index in [1.54, 1.807) is 0 Å². The number of amides is 1. The third kappa shape index (κ3) is 4.21. The lowest BCUT2D eigenvalue weighted by atomic mass is 10.2. The van der Waals surface area contributed by atoms with Gasteiger partial charge >= 0.3 is 0 Å². The van der Waals surface area contributed by atoms with E-state index in [4.69, 9.17) is 4.74 Å². The van der Waals surface area contributed by atoms with Crippen molar-refractivity contribution >= 4 is 17.6 Å². The summed E-state index contributed by atoms with van der Waals surface area (Å²) >= 11 is 1.06. The van der Waals surface area contributed by atoms with Gasteiger partial charge in [0.05, 0.1) is 11.7 Å². The molecule has 0 bridgehead atoms. The normalized spacial score (nSPS) is 20.7. The van der Waals surface area contributed by atoms with Gasteiger partial charge in [-0.05, 0) is 6.42 Å². The van der Waals surface area contributed by atoms with E-state index in [2.05, 4.69) is 19.4 Å². The third-order valence-electron chi connectivity index (χ3n) is 2.62. The summed E-state index contributed by atoms with van der Waals surface area (Å²) in [6, 6.07) is 0.174. The van der Waals surface area contributed by atoms with Crippen LogP contribution >= 0.6 is 11.7 Å². The molecule has 1 aromatic heterocycles. The second-order valence-corrected chi connectivity index (χ2v) is 4.73. The molecule has 0 aliphatic carbocycles. The van der Waals surface area contributed by atoms with Crippen LogP contribution in [-0.4, -0.2) is 51.6 Å². The number of hydrogen-bond donors (Lipinski definition) is 3. The van der Waals surface area contributed by atoms with Gasteiger partial charge in [0.25, 0.3) is 0 Å². The molecular formula is C10H16N4O3S. The molecule has 0 spiro atoms. The first kappa shape index (κ1) is 13.2. The van der Waals surface area contributed by atoms with Crippen LogP contribution in [0.1, 0.15) is 12.8 Å². The lowest BCUT2D eigenvalue weighted by Crippen LogP contribution is -2.40. The van der Waals surface area contributed by atoms with Gasteiger partial charge < -0.3 is 20.5 Å². The molecule has 1 aliphatic rings. The van der Waals surface area contributed by atoms with Crippen molar-refractivity contribution in [3.8, 4) is 5.88 Å². The highest BCUT2D eigenvalue weighted by Crippen LogP contribution is 2.06. The number of nitrogens with zero attached hydrogens (tertiary/aromatic N) is 2. The molecule has 1 saturated heterocycles. The predicted octanol–water partition coefficient (Wildman–Crippen LogP) is -0.854. The number of carbonyl (C=O) groups excluding carboxylic acids is 1. The van der Waals surface area contributed by atoms with Gasteiger partial charge in [0.15, 0.2) is 0 Å². The van der Waals surface area contributed by atoms with E-state index in [9.17, 15) is 9.90 Å². The number of rotatable bonds is 7. The molecule has 0 saturated carbocycles. The fourth-order valence-electron chi connectivity index (χ4n) is 1.71. The predicted molar refractivity (Wildman–Crippen MR) is 65.4 cm³/mol. The number of aromatic nitrogens is 2. The molecule has 8 heteroatoms. The Morgan fingerprint density at radius 2 is 2.61 bits per heavy atom. The lowest BCUT2D eigenvalue weighted by molar-refractivity contribution is -0.119. The molecule has 2 unspecified atom stereocenters. The van der Waals surface area contributed by atoms with Gasteiger partial charge in [-0.2, -0.15) is 4.37 Å². The quantitative estimate of drug-likeness (QED) is 0.598. The molecule has 7 nitrogen and oxygen atoms in total. The van der Waals surface area contributed by atoms with Gasteiger partial charge in [-0.15, -0.1) is 4.37 Å². The lowest BCUT2D eigenvalue weighted by Gasteiger charge is -2.14. The monoisotopic (exact) mass is 272 g/mol. The van der Waals surface area contributed by atoms with Crippen LogP contribution < -0.4 is 15.4 Å². The van der Waals surface area contributed by atoms with Crippen molar-refractivity contribution in [2.45, 2.75) is 25.0 Å². The second kappa shape index (κ2) is 6.62. The molecule has 0 radical (unpaired) electrons. The standard InChI is InChI=1S/C10H16N4O3S/c15-8(6-17-10-5-12-18-14-10)4-11-3-7-1-2-9(16)13-7/h5,7-8,11,15H,1-4,6H2,(H,13,16). The Morgan fingerprint density at radius 3 is 3.28 bits per heavy atom. The average molecular weight is 272 g/mol. The maximum atomic E-state index is 11.0. The maximum Gasteiger partial charge on any atom is 0.245 e. The largest absolute Gasteiger partial charge is 0.473 e. The highest BCUT2D eigenvalue weighted by Gasteiger charge is 2.20. The highest BCUT2D eigenvalue weighted by molar-refractivity contribution is 6.99. The van der Waals surface area contributed by atoms with E-state index in [1.165, 1.54) is 6.20 Å². The Morgan fingerprint density at radius 1 is 1.72 bits per heavy atom. The minimum atomic E-state index is -0.608. The van der Waals surface area contributed by atoms with E-state index in [1.807, 2.05) is 0 Å². The van der Waals surface area contributed by atoms with Crippen molar-refractivity contribution in [2.75, 3.05) is 19.7 Å². The van der Waals surface area contributed by atoms with Crippen LogP contribution in [0.15, 0.2) is 6.20 Å². The van der Waals surface area contributed by atoms with Crippen molar-refractivity contribution in [3.05, 3.63) is 6.20 Å². The summed E-state index contributed by atoms with van der Waals surface area (Å²) < 4.78 is 12.9. The number of aliphatic hydroxyl groups excluding tert-OH is 1.